The summed E-state index contributed by atoms with van der Waals surface area (Å²) in [5.41, 5.74) is 6.09. The first-order valence-corrected chi connectivity index (χ1v) is 9.31. The Bertz CT molecular complexity index is 1160. The summed E-state index contributed by atoms with van der Waals surface area (Å²) in [5, 5.41) is 6.24. The van der Waals surface area contributed by atoms with Crippen LogP contribution in [0.2, 0.25) is 0 Å². The van der Waals surface area contributed by atoms with E-state index in [9.17, 15) is 9.59 Å². The minimum absolute atomic E-state index is 0.0570. The number of aromatic amines is 1. The molecule has 0 saturated carbocycles. The van der Waals surface area contributed by atoms with Crippen molar-refractivity contribution in [1.29, 1.82) is 0 Å². The number of amides is 1. The summed E-state index contributed by atoms with van der Waals surface area (Å²) in [6.07, 6.45) is 3.70. The van der Waals surface area contributed by atoms with Gasteiger partial charge in [-0.2, -0.15) is 0 Å². The molecule has 2 aliphatic rings. The highest BCUT2D eigenvalue weighted by Crippen LogP contribution is 2.34. The number of benzene rings is 1. The predicted molar refractivity (Wildman–Crippen MR) is 107 cm³/mol. The molecule has 0 fully saturated rings. The number of hydrogen-bond acceptors (Lipinski definition) is 5. The van der Waals surface area contributed by atoms with Gasteiger partial charge in [-0.25, -0.2) is 9.97 Å². The van der Waals surface area contributed by atoms with E-state index >= 15 is 0 Å². The minimum Gasteiger partial charge on any atom is -0.364 e. The molecule has 0 unspecified atom stereocenters. The average Bonchev–Trinajstić information content (AvgIpc) is 3.16. The zero-order valence-corrected chi connectivity index (χ0v) is 15.4. The van der Waals surface area contributed by atoms with Gasteiger partial charge in [0.25, 0.3) is 5.91 Å². The molecule has 3 N–H and O–H groups in total. The van der Waals surface area contributed by atoms with Crippen LogP contribution >= 0.6 is 0 Å². The van der Waals surface area contributed by atoms with Gasteiger partial charge in [-0.1, -0.05) is 23.8 Å². The summed E-state index contributed by atoms with van der Waals surface area (Å²) in [4.78, 5) is 36.6. The molecule has 1 atom stereocenters. The summed E-state index contributed by atoms with van der Waals surface area (Å²) in [6.45, 7) is 3.22. The van der Waals surface area contributed by atoms with Gasteiger partial charge < -0.3 is 15.6 Å². The maximum Gasteiger partial charge on any atom is 0.253 e. The van der Waals surface area contributed by atoms with E-state index in [4.69, 9.17) is 4.98 Å². The Morgan fingerprint density at radius 1 is 1.18 bits per heavy atom. The number of allylic oxidation sites excluding steroid dienone is 1. The number of H-pyrrole nitrogens is 1. The van der Waals surface area contributed by atoms with Crippen LogP contribution in [0.25, 0.3) is 22.3 Å². The van der Waals surface area contributed by atoms with Crippen molar-refractivity contribution in [1.82, 2.24) is 20.3 Å². The molecular weight excluding hydrogens is 354 g/mol. The van der Waals surface area contributed by atoms with Crippen LogP contribution in [0, 0.1) is 0 Å². The summed E-state index contributed by atoms with van der Waals surface area (Å²) >= 11 is 0. The van der Waals surface area contributed by atoms with Gasteiger partial charge in [0.1, 0.15) is 11.2 Å². The molecule has 1 amide bonds. The van der Waals surface area contributed by atoms with Crippen LogP contribution in [-0.2, 0) is 0 Å². The summed E-state index contributed by atoms with van der Waals surface area (Å²) in [7, 11) is 0. The van der Waals surface area contributed by atoms with E-state index in [1.54, 1.807) is 0 Å². The van der Waals surface area contributed by atoms with E-state index in [1.807, 2.05) is 31.2 Å². The molecule has 28 heavy (non-hydrogen) atoms. The van der Waals surface area contributed by atoms with Crippen molar-refractivity contribution < 1.29 is 9.59 Å². The van der Waals surface area contributed by atoms with Gasteiger partial charge in [-0.15, -0.1) is 0 Å². The van der Waals surface area contributed by atoms with Crippen molar-refractivity contribution in [2.75, 3.05) is 18.4 Å². The molecule has 1 aromatic carbocycles. The molecule has 7 nitrogen and oxygen atoms in total. The van der Waals surface area contributed by atoms with E-state index in [2.05, 4.69) is 26.7 Å². The summed E-state index contributed by atoms with van der Waals surface area (Å²) in [5.74, 6) is 0.602. The molecule has 2 aromatic heterocycles. The quantitative estimate of drug-likeness (QED) is 0.450. The van der Waals surface area contributed by atoms with Crippen molar-refractivity contribution in [2.24, 2.45) is 0 Å². The molecule has 0 spiro atoms. The lowest BCUT2D eigenvalue weighted by molar-refractivity contribution is 0.0939. The van der Waals surface area contributed by atoms with Crippen LogP contribution in [0.5, 0.6) is 0 Å². The van der Waals surface area contributed by atoms with Crippen molar-refractivity contribution in [2.45, 2.75) is 19.3 Å². The third kappa shape index (κ3) is 2.58. The lowest BCUT2D eigenvalue weighted by Crippen LogP contribution is -2.34. The highest BCUT2D eigenvalue weighted by atomic mass is 16.1. The third-order valence-electron chi connectivity index (χ3n) is 5.42. The molecule has 7 heteroatoms. The van der Waals surface area contributed by atoms with Crippen molar-refractivity contribution in [3.8, 4) is 11.3 Å². The van der Waals surface area contributed by atoms with Gasteiger partial charge in [-0.3, -0.25) is 9.59 Å². The molecule has 0 radical (unpaired) electrons. The van der Waals surface area contributed by atoms with Crippen LogP contribution in [-0.4, -0.2) is 40.2 Å². The maximum atomic E-state index is 12.4. The second-order valence-electron chi connectivity index (χ2n) is 7.31. The smallest absolute Gasteiger partial charge is 0.253 e. The van der Waals surface area contributed by atoms with E-state index in [0.717, 1.165) is 35.2 Å². The summed E-state index contributed by atoms with van der Waals surface area (Å²) < 4.78 is 0. The highest BCUT2D eigenvalue weighted by Gasteiger charge is 2.28. The monoisotopic (exact) mass is 373 g/mol. The number of nitrogens with zero attached hydrogens (tertiary/aromatic N) is 2. The lowest BCUT2D eigenvalue weighted by Gasteiger charge is -2.22. The fraction of sp³-hybridized carbons (Fsp3) is 0.238. The first-order chi connectivity index (χ1) is 13.6. The normalized spacial score (nSPS) is 20.2. The Hall–Kier alpha value is -3.48. The van der Waals surface area contributed by atoms with Crippen molar-refractivity contribution >= 4 is 29.0 Å². The van der Waals surface area contributed by atoms with Crippen LogP contribution in [0.15, 0.2) is 35.9 Å². The molecule has 2 aliphatic heterocycles. The number of aldehydes is 1. The number of hydrogen-bond donors (Lipinski definition) is 3. The number of aromatic nitrogens is 3. The Morgan fingerprint density at radius 3 is 2.93 bits per heavy atom. The van der Waals surface area contributed by atoms with Gasteiger partial charge in [-0.05, 0) is 25.5 Å². The van der Waals surface area contributed by atoms with Crippen molar-refractivity contribution in [3.05, 3.63) is 52.9 Å². The topological polar surface area (TPSA) is 99.8 Å². The van der Waals surface area contributed by atoms with Gasteiger partial charge >= 0.3 is 0 Å². The fourth-order valence-electron chi connectivity index (χ4n) is 3.90. The van der Waals surface area contributed by atoms with E-state index in [-0.39, 0.29) is 11.8 Å². The SMILES string of the molecule is C/C1=C\C[C@H]2CNC(=O)c3cc([nH]c32)-c2cccc3nc(C=O)c(nc23)NC1. The average molecular weight is 373 g/mol. The first-order valence-electron chi connectivity index (χ1n) is 9.31. The van der Waals surface area contributed by atoms with Gasteiger partial charge in [0.15, 0.2) is 12.1 Å². The van der Waals surface area contributed by atoms with E-state index < -0.39 is 0 Å². The zero-order chi connectivity index (χ0) is 19.3. The molecule has 4 heterocycles. The Kier molecular flexibility index (Phi) is 3.75. The van der Waals surface area contributed by atoms with E-state index in [0.29, 0.717) is 41.2 Å². The molecule has 4 bridgehead atoms. The molecule has 3 aromatic rings. The molecule has 5 rings (SSSR count). The number of nitrogens with one attached hydrogen (secondary N) is 3. The number of carbonyl (C=O) groups excluding carboxylic acids is 2. The minimum atomic E-state index is -0.0570. The Morgan fingerprint density at radius 2 is 2.07 bits per heavy atom. The lowest BCUT2D eigenvalue weighted by atomic mass is 9.93. The molecule has 0 saturated heterocycles. The van der Waals surface area contributed by atoms with Gasteiger partial charge in [0, 0.05) is 36.0 Å². The van der Waals surface area contributed by atoms with Gasteiger partial charge in [0.2, 0.25) is 0 Å². The fourth-order valence-corrected chi connectivity index (χ4v) is 3.90. The molecule has 0 aliphatic carbocycles. The van der Waals surface area contributed by atoms with Crippen LogP contribution in [0.1, 0.15) is 45.8 Å². The Labute approximate surface area is 161 Å². The predicted octanol–water partition coefficient (Wildman–Crippen LogP) is 3.03. The molecular formula is C21H19N5O2. The highest BCUT2D eigenvalue weighted by molar-refractivity contribution is 6.00. The van der Waals surface area contributed by atoms with Crippen LogP contribution < -0.4 is 10.6 Å². The number of fused-ring (bicyclic) bond motifs is 3. The molecule has 140 valence electrons. The number of para-hydroxylation sites is 1. The largest absolute Gasteiger partial charge is 0.364 e. The van der Waals surface area contributed by atoms with Crippen LogP contribution in [0.4, 0.5) is 5.82 Å². The van der Waals surface area contributed by atoms with Gasteiger partial charge in [0.05, 0.1) is 11.1 Å². The second kappa shape index (κ2) is 6.30. The third-order valence-corrected chi connectivity index (χ3v) is 5.42. The zero-order valence-electron chi connectivity index (χ0n) is 15.4. The number of rotatable bonds is 1. The maximum absolute atomic E-state index is 12.4. The van der Waals surface area contributed by atoms with E-state index in [1.165, 1.54) is 0 Å². The number of anilines is 1. The summed E-state index contributed by atoms with van der Waals surface area (Å²) in [6, 6.07) is 7.56. The first kappa shape index (κ1) is 16.7. The number of carbonyl (C=O) groups is 2. The van der Waals surface area contributed by atoms with Crippen LogP contribution in [0.3, 0.4) is 0 Å². The standard InChI is InChI=1S/C21H19N5O2/c1-11-5-6-12-9-23-21(28)14-7-16(25-18(12)14)13-3-2-4-15-19(13)26-20(22-8-11)17(10-27)24-15/h2-5,7,10,12,25H,6,8-9H2,1H3,(H,22,26)(H,23,28)/b11-5+/t12-/m0/s1. The Balaban J connectivity index is 1.80. The van der Waals surface area contributed by atoms with Crippen molar-refractivity contribution in [3.63, 3.8) is 0 Å². The second-order valence-corrected chi connectivity index (χ2v) is 7.31.